The maximum Gasteiger partial charge on any atom is 0.328 e. The van der Waals surface area contributed by atoms with E-state index in [1.807, 2.05) is 32.0 Å². The van der Waals surface area contributed by atoms with Crippen molar-refractivity contribution >= 4 is 11.8 Å². The van der Waals surface area contributed by atoms with Crippen LogP contribution in [0.1, 0.15) is 59.2 Å². The zero-order valence-corrected chi connectivity index (χ0v) is 18.4. The molecule has 1 aliphatic rings. The summed E-state index contributed by atoms with van der Waals surface area (Å²) >= 11 is 0. The Labute approximate surface area is 181 Å². The van der Waals surface area contributed by atoms with Gasteiger partial charge in [-0.3, -0.25) is 29.4 Å². The zero-order chi connectivity index (χ0) is 22.5. The van der Waals surface area contributed by atoms with E-state index in [1.54, 1.807) is 6.92 Å². The molecule has 1 saturated carbocycles. The van der Waals surface area contributed by atoms with Crippen molar-refractivity contribution in [1.82, 2.24) is 20.0 Å². The van der Waals surface area contributed by atoms with Crippen LogP contribution in [-0.4, -0.2) is 32.9 Å². The second-order valence-corrected chi connectivity index (χ2v) is 8.53. The van der Waals surface area contributed by atoms with Crippen molar-refractivity contribution in [3.63, 3.8) is 0 Å². The van der Waals surface area contributed by atoms with Gasteiger partial charge in [-0.15, -0.1) is 0 Å². The lowest BCUT2D eigenvalue weighted by molar-refractivity contribution is -0.125. The van der Waals surface area contributed by atoms with Crippen LogP contribution in [0.5, 0.6) is 0 Å². The molecule has 31 heavy (non-hydrogen) atoms. The minimum absolute atomic E-state index is 0.268. The first-order chi connectivity index (χ1) is 14.7. The molecular formula is C23H30N4O4. The monoisotopic (exact) mass is 426 g/mol. The van der Waals surface area contributed by atoms with E-state index in [0.29, 0.717) is 23.6 Å². The SMILES string of the molecule is Cc1cc(C)cc(C(=O)N(CC2CCCCC2)NC(=O)Cn2cc(C)c(=O)[nH]c2=O)c1. The second-order valence-electron chi connectivity index (χ2n) is 8.53. The van der Waals surface area contributed by atoms with Gasteiger partial charge in [-0.05, 0) is 51.7 Å². The number of nitrogens with zero attached hydrogens (tertiary/aromatic N) is 2. The third-order valence-electron chi connectivity index (χ3n) is 5.64. The van der Waals surface area contributed by atoms with Crippen LogP contribution in [0.25, 0.3) is 0 Å². The predicted molar refractivity (Wildman–Crippen MR) is 118 cm³/mol. The van der Waals surface area contributed by atoms with Gasteiger partial charge in [0, 0.05) is 23.9 Å². The van der Waals surface area contributed by atoms with Gasteiger partial charge >= 0.3 is 5.69 Å². The van der Waals surface area contributed by atoms with Crippen LogP contribution < -0.4 is 16.7 Å². The first kappa shape index (κ1) is 22.5. The zero-order valence-electron chi connectivity index (χ0n) is 18.4. The summed E-state index contributed by atoms with van der Waals surface area (Å²) in [5.74, 6) is -0.445. The molecule has 0 unspecified atom stereocenters. The van der Waals surface area contributed by atoms with Crippen molar-refractivity contribution in [3.8, 4) is 0 Å². The number of H-pyrrole nitrogens is 1. The molecule has 2 N–H and O–H groups in total. The molecule has 0 radical (unpaired) electrons. The van der Waals surface area contributed by atoms with Crippen LogP contribution in [0.3, 0.4) is 0 Å². The van der Waals surface area contributed by atoms with Crippen molar-refractivity contribution in [1.29, 1.82) is 0 Å². The van der Waals surface area contributed by atoms with Gasteiger partial charge in [-0.2, -0.15) is 0 Å². The lowest BCUT2D eigenvalue weighted by Crippen LogP contribution is -2.50. The van der Waals surface area contributed by atoms with Gasteiger partial charge < -0.3 is 0 Å². The molecule has 3 rings (SSSR count). The van der Waals surface area contributed by atoms with Gasteiger partial charge in [0.2, 0.25) is 0 Å². The number of aryl methyl sites for hydroxylation is 3. The predicted octanol–water partition coefficient (Wildman–Crippen LogP) is 2.22. The summed E-state index contributed by atoms with van der Waals surface area (Å²) < 4.78 is 1.13. The summed E-state index contributed by atoms with van der Waals surface area (Å²) in [5.41, 5.74) is 4.36. The minimum atomic E-state index is -0.662. The summed E-state index contributed by atoms with van der Waals surface area (Å²) in [7, 11) is 0. The molecule has 1 aromatic carbocycles. The van der Waals surface area contributed by atoms with Crippen molar-refractivity contribution in [2.24, 2.45) is 5.92 Å². The van der Waals surface area contributed by atoms with Gasteiger partial charge in [0.25, 0.3) is 17.4 Å². The number of hydrogen-bond acceptors (Lipinski definition) is 4. The van der Waals surface area contributed by atoms with E-state index in [9.17, 15) is 19.2 Å². The molecule has 0 bridgehead atoms. The maximum absolute atomic E-state index is 13.3. The average molecular weight is 427 g/mol. The van der Waals surface area contributed by atoms with Crippen molar-refractivity contribution < 1.29 is 9.59 Å². The molecule has 166 valence electrons. The Bertz CT molecular complexity index is 1060. The van der Waals surface area contributed by atoms with E-state index in [4.69, 9.17) is 0 Å². The van der Waals surface area contributed by atoms with E-state index < -0.39 is 17.2 Å². The normalized spacial score (nSPS) is 14.3. The quantitative estimate of drug-likeness (QED) is 0.715. The van der Waals surface area contributed by atoms with E-state index in [1.165, 1.54) is 17.6 Å². The van der Waals surface area contributed by atoms with Crippen LogP contribution in [0.15, 0.2) is 34.0 Å². The number of aromatic nitrogens is 2. The molecule has 2 amide bonds. The van der Waals surface area contributed by atoms with Crippen LogP contribution >= 0.6 is 0 Å². The Morgan fingerprint density at radius 2 is 1.71 bits per heavy atom. The van der Waals surface area contributed by atoms with Crippen LogP contribution in [-0.2, 0) is 11.3 Å². The van der Waals surface area contributed by atoms with Gasteiger partial charge in [0.1, 0.15) is 6.54 Å². The van der Waals surface area contributed by atoms with Crippen molar-refractivity contribution in [2.45, 2.75) is 59.4 Å². The lowest BCUT2D eigenvalue weighted by atomic mass is 9.89. The molecule has 0 aliphatic heterocycles. The molecule has 1 heterocycles. The van der Waals surface area contributed by atoms with E-state index in [-0.39, 0.29) is 12.5 Å². The maximum atomic E-state index is 13.3. The summed E-state index contributed by atoms with van der Waals surface area (Å²) in [4.78, 5) is 51.7. The molecule has 1 aliphatic carbocycles. The molecule has 1 fully saturated rings. The third kappa shape index (κ3) is 5.93. The van der Waals surface area contributed by atoms with Gasteiger partial charge in [-0.25, -0.2) is 9.80 Å². The Morgan fingerprint density at radius 1 is 1.06 bits per heavy atom. The number of carbonyl (C=O) groups is 2. The molecule has 0 spiro atoms. The number of hydrogen-bond donors (Lipinski definition) is 2. The Hall–Kier alpha value is -3.16. The molecule has 8 heteroatoms. The van der Waals surface area contributed by atoms with E-state index in [0.717, 1.165) is 41.4 Å². The van der Waals surface area contributed by atoms with Crippen LogP contribution in [0, 0.1) is 26.7 Å². The molecule has 0 saturated heterocycles. The number of amides is 2. The highest BCUT2D eigenvalue weighted by molar-refractivity contribution is 5.95. The fraction of sp³-hybridized carbons (Fsp3) is 0.478. The first-order valence-corrected chi connectivity index (χ1v) is 10.7. The summed E-state index contributed by atoms with van der Waals surface area (Å²) in [6.45, 7) is 5.55. The highest BCUT2D eigenvalue weighted by Crippen LogP contribution is 2.24. The topological polar surface area (TPSA) is 104 Å². The summed E-state index contributed by atoms with van der Waals surface area (Å²) in [5, 5.41) is 1.39. The van der Waals surface area contributed by atoms with Crippen LogP contribution in [0.4, 0.5) is 0 Å². The molecule has 1 aromatic heterocycles. The Kier molecular flexibility index (Phi) is 7.09. The lowest BCUT2D eigenvalue weighted by Gasteiger charge is -2.30. The number of carbonyl (C=O) groups excluding carboxylic acids is 2. The smallest absolute Gasteiger partial charge is 0.291 e. The number of benzene rings is 1. The fourth-order valence-corrected chi connectivity index (χ4v) is 4.14. The van der Waals surface area contributed by atoms with Gasteiger partial charge in [-0.1, -0.05) is 36.5 Å². The highest BCUT2D eigenvalue weighted by Gasteiger charge is 2.24. The number of aromatic amines is 1. The summed E-state index contributed by atoms with van der Waals surface area (Å²) in [6.07, 6.45) is 6.82. The van der Waals surface area contributed by atoms with Crippen LogP contribution in [0.2, 0.25) is 0 Å². The number of hydrazine groups is 1. The highest BCUT2D eigenvalue weighted by atomic mass is 16.2. The fourth-order valence-electron chi connectivity index (χ4n) is 4.14. The molecule has 0 atom stereocenters. The molecule has 2 aromatic rings. The minimum Gasteiger partial charge on any atom is -0.291 e. The molecule has 8 nitrogen and oxygen atoms in total. The number of rotatable bonds is 5. The Morgan fingerprint density at radius 3 is 2.35 bits per heavy atom. The third-order valence-corrected chi connectivity index (χ3v) is 5.64. The van der Waals surface area contributed by atoms with E-state index in [2.05, 4.69) is 10.4 Å². The van der Waals surface area contributed by atoms with E-state index >= 15 is 0 Å². The second kappa shape index (κ2) is 9.76. The van der Waals surface area contributed by atoms with Crippen molar-refractivity contribution in [2.75, 3.05) is 6.54 Å². The van der Waals surface area contributed by atoms with Gasteiger partial charge in [0.15, 0.2) is 0 Å². The summed E-state index contributed by atoms with van der Waals surface area (Å²) in [6, 6.07) is 5.61. The average Bonchev–Trinajstić information content (AvgIpc) is 2.71. The van der Waals surface area contributed by atoms with Gasteiger partial charge in [0.05, 0.1) is 0 Å². The number of nitrogens with one attached hydrogen (secondary N) is 2. The largest absolute Gasteiger partial charge is 0.328 e. The standard InChI is InChI=1S/C23H30N4O4/c1-15-9-16(2)11-19(10-15)22(30)27(13-18-7-5-4-6-8-18)25-20(28)14-26-12-17(3)21(29)24-23(26)31/h9-12,18H,4-8,13-14H2,1-3H3,(H,25,28)(H,24,29,31). The molecular weight excluding hydrogens is 396 g/mol. The van der Waals surface area contributed by atoms with Crippen molar-refractivity contribution in [3.05, 3.63) is 67.5 Å². The Balaban J connectivity index is 1.80. The first-order valence-electron chi connectivity index (χ1n) is 10.7.